The van der Waals surface area contributed by atoms with Gasteiger partial charge in [-0.05, 0) is 25.0 Å². The first-order valence-corrected chi connectivity index (χ1v) is 8.76. The maximum atomic E-state index is 11.8. The summed E-state index contributed by atoms with van der Waals surface area (Å²) in [6, 6.07) is 3.89. The van der Waals surface area contributed by atoms with Gasteiger partial charge in [0.1, 0.15) is 11.3 Å². The van der Waals surface area contributed by atoms with Gasteiger partial charge in [0.15, 0.2) is 11.6 Å². The zero-order chi connectivity index (χ0) is 18.4. The van der Waals surface area contributed by atoms with E-state index in [0.29, 0.717) is 22.6 Å². The summed E-state index contributed by atoms with van der Waals surface area (Å²) in [7, 11) is 0. The summed E-state index contributed by atoms with van der Waals surface area (Å²) in [5.41, 5.74) is 2.65. The summed E-state index contributed by atoms with van der Waals surface area (Å²) in [5, 5.41) is 4.70. The molecule has 2 N–H and O–H groups in total. The molecule has 0 aromatic carbocycles. The molecule has 3 aromatic rings. The van der Waals surface area contributed by atoms with Crippen LogP contribution in [0.4, 0.5) is 10.7 Å². The Hall–Kier alpha value is -3.49. The number of hydrogen-bond donors (Lipinski definition) is 2. The van der Waals surface area contributed by atoms with Crippen LogP contribution in [0.3, 0.4) is 0 Å². The summed E-state index contributed by atoms with van der Waals surface area (Å²) < 4.78 is 5.67. The molecule has 2 aliphatic rings. The molecule has 0 spiro atoms. The molecule has 0 bridgehead atoms. The Kier molecular flexibility index (Phi) is 3.52. The zero-order valence-electron chi connectivity index (χ0n) is 14.3. The molecule has 0 radical (unpaired) electrons. The van der Waals surface area contributed by atoms with Crippen LogP contribution in [0.1, 0.15) is 24.6 Å². The Bertz CT molecular complexity index is 1040. The maximum absolute atomic E-state index is 11.8. The summed E-state index contributed by atoms with van der Waals surface area (Å²) in [5.74, 6) is 0.648. The smallest absolute Gasteiger partial charge is 0.322 e. The summed E-state index contributed by atoms with van der Waals surface area (Å²) in [6.07, 6.45) is 5.87. The van der Waals surface area contributed by atoms with Gasteiger partial charge in [-0.3, -0.25) is 10.1 Å². The molecular formula is C18H16N6O3. The Balaban J connectivity index is 1.44. The number of hydrogen-bond acceptors (Lipinski definition) is 7. The number of nitrogens with one attached hydrogen (secondary N) is 2. The number of furan rings is 1. The van der Waals surface area contributed by atoms with Crippen molar-refractivity contribution in [1.29, 1.82) is 0 Å². The van der Waals surface area contributed by atoms with E-state index >= 15 is 0 Å². The van der Waals surface area contributed by atoms with Gasteiger partial charge in [0.2, 0.25) is 5.95 Å². The van der Waals surface area contributed by atoms with Crippen LogP contribution in [-0.2, 0) is 4.79 Å². The van der Waals surface area contributed by atoms with Crippen LogP contribution in [0.25, 0.3) is 22.4 Å². The molecule has 0 saturated carbocycles. The van der Waals surface area contributed by atoms with E-state index < -0.39 is 18.0 Å². The second-order valence-corrected chi connectivity index (χ2v) is 6.59. The standard InChI is InChI=1S/C18H16N6O3/c25-16-15(22-18(26)23-16)14-7-12-13(27-14)4-3-11(21-12)10-8-19-17(20-9-10)24-5-1-2-6-24/h3-4,7-9,15H,1-2,5-6H2,(H2,22,23,25,26). The first-order valence-electron chi connectivity index (χ1n) is 8.76. The molecule has 27 heavy (non-hydrogen) atoms. The fraction of sp³-hybridized carbons (Fsp3) is 0.278. The molecular weight excluding hydrogens is 348 g/mol. The number of imide groups is 1. The Labute approximate surface area is 153 Å². The van der Waals surface area contributed by atoms with Crippen LogP contribution in [0.2, 0.25) is 0 Å². The van der Waals surface area contributed by atoms with E-state index in [1.807, 2.05) is 6.07 Å². The lowest BCUT2D eigenvalue weighted by atomic mass is 10.2. The molecule has 9 heteroatoms. The highest BCUT2D eigenvalue weighted by Crippen LogP contribution is 2.27. The normalized spacial score (nSPS) is 19.6. The fourth-order valence-corrected chi connectivity index (χ4v) is 3.40. The second kappa shape index (κ2) is 6.04. The average Bonchev–Trinajstić information content (AvgIpc) is 3.40. The number of nitrogens with zero attached hydrogens (tertiary/aromatic N) is 4. The van der Waals surface area contributed by atoms with Crippen LogP contribution >= 0.6 is 0 Å². The van der Waals surface area contributed by atoms with Crippen molar-refractivity contribution in [2.24, 2.45) is 0 Å². The lowest BCUT2D eigenvalue weighted by molar-refractivity contribution is -0.120. The number of carbonyl (C=O) groups is 2. The van der Waals surface area contributed by atoms with E-state index in [4.69, 9.17) is 4.42 Å². The molecule has 9 nitrogen and oxygen atoms in total. The van der Waals surface area contributed by atoms with Gasteiger partial charge >= 0.3 is 6.03 Å². The van der Waals surface area contributed by atoms with Gasteiger partial charge in [-0.15, -0.1) is 0 Å². The minimum Gasteiger partial charge on any atom is -0.457 e. The first kappa shape index (κ1) is 15.7. The van der Waals surface area contributed by atoms with E-state index in [9.17, 15) is 9.59 Å². The van der Waals surface area contributed by atoms with Gasteiger partial charge < -0.3 is 14.6 Å². The van der Waals surface area contributed by atoms with E-state index in [2.05, 4.69) is 30.5 Å². The fourth-order valence-electron chi connectivity index (χ4n) is 3.40. The number of rotatable bonds is 3. The number of fused-ring (bicyclic) bond motifs is 1. The van der Waals surface area contributed by atoms with Crippen molar-refractivity contribution in [3.8, 4) is 11.3 Å². The van der Waals surface area contributed by atoms with Crippen molar-refractivity contribution >= 4 is 29.0 Å². The van der Waals surface area contributed by atoms with Crippen LogP contribution in [0.15, 0.2) is 35.0 Å². The third-order valence-corrected chi connectivity index (χ3v) is 4.77. The van der Waals surface area contributed by atoms with Gasteiger partial charge in [-0.1, -0.05) is 0 Å². The Morgan fingerprint density at radius 2 is 1.89 bits per heavy atom. The topological polar surface area (TPSA) is 113 Å². The lowest BCUT2D eigenvalue weighted by Crippen LogP contribution is -2.22. The van der Waals surface area contributed by atoms with Crippen LogP contribution in [0.5, 0.6) is 0 Å². The van der Waals surface area contributed by atoms with Crippen molar-refractivity contribution in [1.82, 2.24) is 25.6 Å². The average molecular weight is 364 g/mol. The molecule has 136 valence electrons. The van der Waals surface area contributed by atoms with Crippen molar-refractivity contribution in [2.75, 3.05) is 18.0 Å². The number of aromatic nitrogens is 3. The quantitative estimate of drug-likeness (QED) is 0.681. The van der Waals surface area contributed by atoms with Gasteiger partial charge in [0, 0.05) is 37.1 Å². The summed E-state index contributed by atoms with van der Waals surface area (Å²) >= 11 is 0. The molecule has 2 fully saturated rings. The molecule has 3 amide bonds. The first-order chi connectivity index (χ1) is 13.2. The van der Waals surface area contributed by atoms with Crippen LogP contribution < -0.4 is 15.5 Å². The van der Waals surface area contributed by atoms with Crippen LogP contribution in [-0.4, -0.2) is 40.0 Å². The van der Waals surface area contributed by atoms with E-state index in [0.717, 1.165) is 24.6 Å². The van der Waals surface area contributed by atoms with Crippen molar-refractivity contribution in [2.45, 2.75) is 18.9 Å². The number of urea groups is 1. The van der Waals surface area contributed by atoms with E-state index in [-0.39, 0.29) is 0 Å². The summed E-state index contributed by atoms with van der Waals surface area (Å²) in [4.78, 5) is 38.7. The molecule has 0 aliphatic carbocycles. The number of anilines is 1. The van der Waals surface area contributed by atoms with Gasteiger partial charge in [-0.2, -0.15) is 0 Å². The van der Waals surface area contributed by atoms with Gasteiger partial charge in [0.05, 0.1) is 5.69 Å². The van der Waals surface area contributed by atoms with Crippen molar-refractivity contribution in [3.63, 3.8) is 0 Å². The highest BCUT2D eigenvalue weighted by molar-refractivity contribution is 6.04. The maximum Gasteiger partial charge on any atom is 0.322 e. The summed E-state index contributed by atoms with van der Waals surface area (Å²) in [6.45, 7) is 1.99. The minimum atomic E-state index is -0.835. The SMILES string of the molecule is O=C1NC(=O)C(c2cc3nc(-c4cnc(N5CCCC5)nc4)ccc3o2)N1. The molecule has 1 atom stereocenters. The Morgan fingerprint density at radius 1 is 1.11 bits per heavy atom. The molecule has 1 unspecified atom stereocenters. The monoisotopic (exact) mass is 364 g/mol. The predicted octanol–water partition coefficient (Wildman–Crippen LogP) is 1.77. The Morgan fingerprint density at radius 3 is 2.59 bits per heavy atom. The van der Waals surface area contributed by atoms with Gasteiger partial charge in [0.25, 0.3) is 5.91 Å². The molecule has 2 aliphatic heterocycles. The largest absolute Gasteiger partial charge is 0.457 e. The third kappa shape index (κ3) is 2.77. The van der Waals surface area contributed by atoms with Gasteiger partial charge in [-0.25, -0.2) is 19.7 Å². The highest BCUT2D eigenvalue weighted by Gasteiger charge is 2.33. The van der Waals surface area contributed by atoms with E-state index in [1.165, 1.54) is 12.8 Å². The second-order valence-electron chi connectivity index (χ2n) is 6.59. The predicted molar refractivity (Wildman–Crippen MR) is 95.9 cm³/mol. The minimum absolute atomic E-state index is 0.346. The number of carbonyl (C=O) groups excluding carboxylic acids is 2. The zero-order valence-corrected chi connectivity index (χ0v) is 14.3. The van der Waals surface area contributed by atoms with Crippen molar-refractivity contribution < 1.29 is 14.0 Å². The van der Waals surface area contributed by atoms with E-state index in [1.54, 1.807) is 24.5 Å². The molecule has 5 heterocycles. The number of pyridine rings is 1. The highest BCUT2D eigenvalue weighted by atomic mass is 16.3. The van der Waals surface area contributed by atoms with Crippen molar-refractivity contribution in [3.05, 3.63) is 36.4 Å². The third-order valence-electron chi connectivity index (χ3n) is 4.77. The molecule has 3 aromatic heterocycles. The lowest BCUT2D eigenvalue weighted by Gasteiger charge is -2.14. The molecule has 2 saturated heterocycles. The molecule has 5 rings (SSSR count). The van der Waals surface area contributed by atoms with Crippen LogP contribution in [0, 0.1) is 0 Å². The number of amides is 3.